The van der Waals surface area contributed by atoms with Crippen molar-refractivity contribution in [1.82, 2.24) is 14.7 Å². The summed E-state index contributed by atoms with van der Waals surface area (Å²) in [5.41, 5.74) is 0. The summed E-state index contributed by atoms with van der Waals surface area (Å²) < 4.78 is 7.89. The van der Waals surface area contributed by atoms with E-state index in [2.05, 4.69) is 39.9 Å². The molecule has 1 atom stereocenters. The molecule has 2 aromatic rings. The fraction of sp³-hybridized carbons (Fsp3) is 0.533. The highest BCUT2D eigenvalue weighted by Crippen LogP contribution is 2.22. The zero-order valence-corrected chi connectivity index (χ0v) is 11.5. The topological polar surface area (TPSA) is 34.2 Å². The van der Waals surface area contributed by atoms with E-state index in [-0.39, 0.29) is 0 Å². The quantitative estimate of drug-likeness (QED) is 0.846. The average molecular weight is 259 g/mol. The van der Waals surface area contributed by atoms with Crippen LogP contribution in [-0.2, 0) is 13.0 Å². The highest BCUT2D eigenvalue weighted by atomic mass is 16.3. The molecule has 0 saturated carbocycles. The fourth-order valence-corrected chi connectivity index (χ4v) is 2.81. The molecule has 0 amide bonds. The van der Waals surface area contributed by atoms with Crippen molar-refractivity contribution in [3.05, 3.63) is 42.1 Å². The van der Waals surface area contributed by atoms with E-state index in [1.807, 2.05) is 12.3 Å². The molecule has 102 valence electrons. The van der Waals surface area contributed by atoms with E-state index in [4.69, 9.17) is 4.42 Å². The van der Waals surface area contributed by atoms with Crippen molar-refractivity contribution >= 4 is 0 Å². The summed E-state index contributed by atoms with van der Waals surface area (Å²) in [7, 11) is 0. The average Bonchev–Trinajstić information content (AvgIpc) is 3.10. The summed E-state index contributed by atoms with van der Waals surface area (Å²) in [6.07, 6.45) is 7.34. The minimum atomic E-state index is 0.504. The van der Waals surface area contributed by atoms with Crippen molar-refractivity contribution in [3.8, 4) is 0 Å². The monoisotopic (exact) mass is 259 g/mol. The van der Waals surface area contributed by atoms with Crippen LogP contribution in [0.3, 0.4) is 0 Å². The number of piperidine rings is 1. The number of hydrogen-bond donors (Lipinski definition) is 0. The summed E-state index contributed by atoms with van der Waals surface area (Å²) in [6.45, 7) is 5.25. The summed E-state index contributed by atoms with van der Waals surface area (Å²) >= 11 is 0. The standard InChI is InChI=1S/C15H21N3O/c1-2-14-6-7-15(19-14)12-17-9-3-5-13(11-17)18-10-4-8-16-18/h4,6-8,10,13H,2-3,5,9,11-12H2,1H3. The zero-order valence-electron chi connectivity index (χ0n) is 11.5. The Balaban J connectivity index is 1.62. The molecule has 19 heavy (non-hydrogen) atoms. The number of nitrogens with zero attached hydrogens (tertiary/aromatic N) is 3. The van der Waals surface area contributed by atoms with Gasteiger partial charge in [-0.3, -0.25) is 9.58 Å². The van der Waals surface area contributed by atoms with Gasteiger partial charge >= 0.3 is 0 Å². The Kier molecular flexibility index (Phi) is 3.69. The van der Waals surface area contributed by atoms with Gasteiger partial charge in [0.05, 0.1) is 12.6 Å². The van der Waals surface area contributed by atoms with Gasteiger partial charge in [-0.15, -0.1) is 0 Å². The molecule has 2 aromatic heterocycles. The Morgan fingerprint density at radius 1 is 1.37 bits per heavy atom. The molecule has 0 spiro atoms. The van der Waals surface area contributed by atoms with Gasteiger partial charge in [0, 0.05) is 25.4 Å². The molecule has 1 saturated heterocycles. The second-order valence-electron chi connectivity index (χ2n) is 5.24. The summed E-state index contributed by atoms with van der Waals surface area (Å²) in [6, 6.07) is 6.70. The highest BCUT2D eigenvalue weighted by molar-refractivity contribution is 5.07. The highest BCUT2D eigenvalue weighted by Gasteiger charge is 2.22. The molecule has 4 nitrogen and oxygen atoms in total. The van der Waals surface area contributed by atoms with E-state index in [9.17, 15) is 0 Å². The number of furan rings is 1. The third-order valence-electron chi connectivity index (χ3n) is 3.82. The number of hydrogen-bond acceptors (Lipinski definition) is 3. The molecule has 0 N–H and O–H groups in total. The molecule has 0 bridgehead atoms. The fourth-order valence-electron chi connectivity index (χ4n) is 2.81. The Hall–Kier alpha value is -1.55. The maximum atomic E-state index is 5.80. The molecular formula is C15H21N3O. The van der Waals surface area contributed by atoms with E-state index in [0.29, 0.717) is 6.04 Å². The van der Waals surface area contributed by atoms with Crippen LogP contribution in [-0.4, -0.2) is 27.8 Å². The van der Waals surface area contributed by atoms with Crippen LogP contribution in [0.15, 0.2) is 35.0 Å². The molecule has 4 heteroatoms. The van der Waals surface area contributed by atoms with Gasteiger partial charge in [-0.2, -0.15) is 5.10 Å². The lowest BCUT2D eigenvalue weighted by molar-refractivity contribution is 0.153. The number of likely N-dealkylation sites (tertiary alicyclic amines) is 1. The van der Waals surface area contributed by atoms with Crippen molar-refractivity contribution in [2.75, 3.05) is 13.1 Å². The van der Waals surface area contributed by atoms with E-state index < -0.39 is 0 Å². The van der Waals surface area contributed by atoms with Gasteiger partial charge < -0.3 is 4.42 Å². The minimum Gasteiger partial charge on any atom is -0.465 e. The van der Waals surface area contributed by atoms with Gasteiger partial charge in [0.1, 0.15) is 11.5 Å². The number of aromatic nitrogens is 2. The van der Waals surface area contributed by atoms with Crippen LogP contribution >= 0.6 is 0 Å². The summed E-state index contributed by atoms with van der Waals surface area (Å²) in [5.74, 6) is 2.16. The van der Waals surface area contributed by atoms with Gasteiger partial charge in [-0.25, -0.2) is 0 Å². The molecule has 0 aliphatic carbocycles. The normalized spacial score (nSPS) is 20.8. The molecule has 3 heterocycles. The first-order chi connectivity index (χ1) is 9.35. The third-order valence-corrected chi connectivity index (χ3v) is 3.82. The lowest BCUT2D eigenvalue weighted by Crippen LogP contribution is -2.36. The van der Waals surface area contributed by atoms with Crippen molar-refractivity contribution in [2.45, 2.75) is 38.8 Å². The van der Waals surface area contributed by atoms with Crippen molar-refractivity contribution in [1.29, 1.82) is 0 Å². The maximum Gasteiger partial charge on any atom is 0.118 e. The maximum absolute atomic E-state index is 5.80. The first-order valence-electron chi connectivity index (χ1n) is 7.14. The number of aryl methyl sites for hydroxylation is 1. The van der Waals surface area contributed by atoms with E-state index in [1.54, 1.807) is 0 Å². The minimum absolute atomic E-state index is 0.504. The lowest BCUT2D eigenvalue weighted by atomic mass is 10.1. The predicted molar refractivity (Wildman–Crippen MR) is 73.9 cm³/mol. The second-order valence-corrected chi connectivity index (χ2v) is 5.24. The smallest absolute Gasteiger partial charge is 0.118 e. The molecule has 1 fully saturated rings. The Labute approximate surface area is 114 Å². The van der Waals surface area contributed by atoms with Gasteiger partial charge in [0.2, 0.25) is 0 Å². The molecule has 0 radical (unpaired) electrons. The first kappa shape index (κ1) is 12.5. The Bertz CT molecular complexity index is 503. The van der Waals surface area contributed by atoms with Crippen molar-refractivity contribution in [3.63, 3.8) is 0 Å². The largest absolute Gasteiger partial charge is 0.465 e. The number of rotatable bonds is 4. The van der Waals surface area contributed by atoms with Crippen LogP contribution in [0.2, 0.25) is 0 Å². The van der Waals surface area contributed by atoms with Crippen LogP contribution in [0.1, 0.15) is 37.3 Å². The molecule has 3 rings (SSSR count). The molecule has 0 aromatic carbocycles. The van der Waals surface area contributed by atoms with E-state index >= 15 is 0 Å². The Morgan fingerprint density at radius 2 is 2.26 bits per heavy atom. The van der Waals surface area contributed by atoms with Crippen LogP contribution in [0, 0.1) is 0 Å². The van der Waals surface area contributed by atoms with E-state index in [1.165, 1.54) is 12.8 Å². The van der Waals surface area contributed by atoms with E-state index in [0.717, 1.165) is 37.6 Å². The predicted octanol–water partition coefficient (Wildman–Crippen LogP) is 2.88. The van der Waals surface area contributed by atoms with Gasteiger partial charge in [-0.05, 0) is 37.6 Å². The molecule has 1 aliphatic rings. The van der Waals surface area contributed by atoms with Gasteiger partial charge in [-0.1, -0.05) is 6.92 Å². The van der Waals surface area contributed by atoms with Gasteiger partial charge in [0.15, 0.2) is 0 Å². The summed E-state index contributed by atoms with van der Waals surface area (Å²) in [4.78, 5) is 2.47. The van der Waals surface area contributed by atoms with Crippen molar-refractivity contribution in [2.24, 2.45) is 0 Å². The Morgan fingerprint density at radius 3 is 3.00 bits per heavy atom. The van der Waals surface area contributed by atoms with Gasteiger partial charge in [0.25, 0.3) is 0 Å². The molecular weight excluding hydrogens is 238 g/mol. The SMILES string of the molecule is CCc1ccc(CN2CCCC(n3cccn3)C2)o1. The van der Waals surface area contributed by atoms with Crippen LogP contribution in [0.25, 0.3) is 0 Å². The molecule has 1 aliphatic heterocycles. The molecule has 1 unspecified atom stereocenters. The van der Waals surface area contributed by atoms with Crippen molar-refractivity contribution < 1.29 is 4.42 Å². The lowest BCUT2D eigenvalue weighted by Gasteiger charge is -2.32. The zero-order chi connectivity index (χ0) is 13.1. The van der Waals surface area contributed by atoms with Crippen LogP contribution in [0.5, 0.6) is 0 Å². The van der Waals surface area contributed by atoms with Crippen LogP contribution < -0.4 is 0 Å². The van der Waals surface area contributed by atoms with Crippen LogP contribution in [0.4, 0.5) is 0 Å². The summed E-state index contributed by atoms with van der Waals surface area (Å²) in [5, 5.41) is 4.37. The third kappa shape index (κ3) is 2.89. The second kappa shape index (κ2) is 5.61. The first-order valence-corrected chi connectivity index (χ1v) is 7.14.